The van der Waals surface area contributed by atoms with Crippen molar-refractivity contribution in [1.82, 2.24) is 10.2 Å². The van der Waals surface area contributed by atoms with Gasteiger partial charge in [0, 0.05) is 19.2 Å². The number of aliphatic hydroxyl groups is 1. The number of benzene rings is 1. The quantitative estimate of drug-likeness (QED) is 0.769. The molecule has 6 nitrogen and oxygen atoms in total. The molecule has 0 heterocycles. The van der Waals surface area contributed by atoms with Crippen LogP contribution in [0.1, 0.15) is 31.0 Å². The fourth-order valence-corrected chi connectivity index (χ4v) is 2.05. The molecule has 1 aromatic rings. The summed E-state index contributed by atoms with van der Waals surface area (Å²) in [5.74, 6) is -0.684. The highest BCUT2D eigenvalue weighted by Crippen LogP contribution is 2.26. The van der Waals surface area contributed by atoms with E-state index in [0.29, 0.717) is 12.4 Å². The summed E-state index contributed by atoms with van der Waals surface area (Å²) in [5, 5.41) is 11.5. The van der Waals surface area contributed by atoms with Crippen molar-refractivity contribution in [2.24, 2.45) is 0 Å². The second-order valence-electron chi connectivity index (χ2n) is 5.12. The zero-order chi connectivity index (χ0) is 16.7. The van der Waals surface area contributed by atoms with Gasteiger partial charge in [0.05, 0.1) is 19.3 Å². The lowest BCUT2D eigenvalue weighted by molar-refractivity contribution is -0.145. The van der Waals surface area contributed by atoms with Gasteiger partial charge in [-0.05, 0) is 26.8 Å². The smallest absolute Gasteiger partial charge is 0.311 e. The Morgan fingerprint density at radius 2 is 2.09 bits per heavy atom. The molecule has 1 atom stereocenters. The lowest BCUT2D eigenvalue weighted by Gasteiger charge is -2.20. The fourth-order valence-electron chi connectivity index (χ4n) is 2.05. The third kappa shape index (κ3) is 4.73. The number of rotatable bonds is 6. The Balaban J connectivity index is 2.84. The van der Waals surface area contributed by atoms with E-state index in [4.69, 9.17) is 9.84 Å². The van der Waals surface area contributed by atoms with Crippen molar-refractivity contribution in [3.05, 3.63) is 29.3 Å². The fraction of sp³-hybridized carbons (Fsp3) is 0.500. The predicted octanol–water partition coefficient (Wildman–Crippen LogP) is 1.02. The molecule has 0 spiro atoms. The number of aliphatic hydroxyl groups excluding tert-OH is 1. The molecule has 1 rings (SSSR count). The van der Waals surface area contributed by atoms with Crippen LogP contribution in [0.3, 0.4) is 0 Å². The first-order valence-electron chi connectivity index (χ1n) is 7.30. The van der Waals surface area contributed by atoms with Gasteiger partial charge >= 0.3 is 11.8 Å². The van der Waals surface area contributed by atoms with Gasteiger partial charge in [-0.2, -0.15) is 0 Å². The molecular formula is C16H24N2O4. The van der Waals surface area contributed by atoms with Crippen LogP contribution in [0.25, 0.3) is 0 Å². The van der Waals surface area contributed by atoms with Crippen molar-refractivity contribution >= 4 is 11.8 Å². The number of likely N-dealkylation sites (N-methyl/N-ethyl adjacent to an activating group) is 1. The van der Waals surface area contributed by atoms with Crippen molar-refractivity contribution in [2.75, 3.05) is 26.8 Å². The molecule has 0 bridgehead atoms. The Labute approximate surface area is 131 Å². The molecule has 0 aromatic heterocycles. The van der Waals surface area contributed by atoms with Gasteiger partial charge in [-0.15, -0.1) is 0 Å². The predicted molar refractivity (Wildman–Crippen MR) is 83.6 cm³/mol. The van der Waals surface area contributed by atoms with E-state index in [1.807, 2.05) is 32.0 Å². The Morgan fingerprint density at radius 1 is 1.41 bits per heavy atom. The minimum Gasteiger partial charge on any atom is -0.494 e. The number of hydrogen-bond donors (Lipinski definition) is 2. The monoisotopic (exact) mass is 308 g/mol. The average molecular weight is 308 g/mol. The summed E-state index contributed by atoms with van der Waals surface area (Å²) in [4.78, 5) is 25.0. The molecule has 0 radical (unpaired) electrons. The molecule has 0 saturated carbocycles. The summed E-state index contributed by atoms with van der Waals surface area (Å²) >= 11 is 0. The number of amides is 2. The maximum atomic E-state index is 12.0. The summed E-state index contributed by atoms with van der Waals surface area (Å²) in [6, 6.07) is 5.36. The van der Waals surface area contributed by atoms with Crippen LogP contribution in [-0.2, 0) is 9.59 Å². The molecule has 0 aliphatic carbocycles. The maximum Gasteiger partial charge on any atom is 0.311 e. The Hall–Kier alpha value is -2.08. The van der Waals surface area contributed by atoms with Crippen LogP contribution < -0.4 is 10.1 Å². The number of carbonyl (C=O) groups is 2. The lowest BCUT2D eigenvalue weighted by Crippen LogP contribution is -2.42. The van der Waals surface area contributed by atoms with Crippen molar-refractivity contribution < 1.29 is 19.4 Å². The molecule has 0 saturated heterocycles. The molecule has 0 aliphatic heterocycles. The molecular weight excluding hydrogens is 284 g/mol. The molecule has 22 heavy (non-hydrogen) atoms. The van der Waals surface area contributed by atoms with E-state index in [1.54, 1.807) is 6.92 Å². The first kappa shape index (κ1) is 18.0. The van der Waals surface area contributed by atoms with Crippen molar-refractivity contribution in [3.63, 3.8) is 0 Å². The van der Waals surface area contributed by atoms with Gasteiger partial charge < -0.3 is 20.1 Å². The molecule has 0 fully saturated rings. The van der Waals surface area contributed by atoms with Gasteiger partial charge in [0.1, 0.15) is 5.75 Å². The van der Waals surface area contributed by atoms with Crippen molar-refractivity contribution in [3.8, 4) is 5.75 Å². The molecule has 6 heteroatoms. The molecule has 0 aliphatic rings. The van der Waals surface area contributed by atoms with Crippen molar-refractivity contribution in [1.29, 1.82) is 0 Å². The lowest BCUT2D eigenvalue weighted by atomic mass is 10.0. The Bertz CT molecular complexity index is 531. The molecule has 1 unspecified atom stereocenters. The minimum absolute atomic E-state index is 0.120. The van der Waals surface area contributed by atoms with Crippen LogP contribution >= 0.6 is 0 Å². The summed E-state index contributed by atoms with van der Waals surface area (Å²) < 4.78 is 5.56. The standard InChI is InChI=1S/C16H24N2O4/c1-5-22-14-7-6-11(2)10-13(14)12(3)17-15(20)16(21)18(4)8-9-19/h6-7,10,12,19H,5,8-9H2,1-4H3,(H,17,20). The van der Waals surface area contributed by atoms with Crippen LogP contribution in [0.4, 0.5) is 0 Å². The zero-order valence-electron chi connectivity index (χ0n) is 13.5. The number of hydrogen-bond acceptors (Lipinski definition) is 4. The Morgan fingerprint density at radius 3 is 2.68 bits per heavy atom. The topological polar surface area (TPSA) is 78.9 Å². The summed E-state index contributed by atoms with van der Waals surface area (Å²) in [6.45, 7) is 6.10. The summed E-state index contributed by atoms with van der Waals surface area (Å²) in [5.41, 5.74) is 1.87. The summed E-state index contributed by atoms with van der Waals surface area (Å²) in [7, 11) is 1.47. The number of nitrogens with zero attached hydrogens (tertiary/aromatic N) is 1. The van der Waals surface area contributed by atoms with E-state index in [0.717, 1.165) is 11.1 Å². The zero-order valence-corrected chi connectivity index (χ0v) is 13.5. The van der Waals surface area contributed by atoms with E-state index >= 15 is 0 Å². The second-order valence-corrected chi connectivity index (χ2v) is 5.12. The van der Waals surface area contributed by atoms with Gasteiger partial charge in [0.15, 0.2) is 0 Å². The van der Waals surface area contributed by atoms with Gasteiger partial charge in [-0.1, -0.05) is 17.7 Å². The minimum atomic E-state index is -0.701. The van der Waals surface area contributed by atoms with Gasteiger partial charge in [-0.25, -0.2) is 0 Å². The SMILES string of the molecule is CCOc1ccc(C)cc1C(C)NC(=O)C(=O)N(C)CCO. The number of aryl methyl sites for hydroxylation is 1. The summed E-state index contributed by atoms with van der Waals surface area (Å²) in [6.07, 6.45) is 0. The van der Waals surface area contributed by atoms with Crippen molar-refractivity contribution in [2.45, 2.75) is 26.8 Å². The van der Waals surface area contributed by atoms with Crippen LogP contribution in [-0.4, -0.2) is 48.6 Å². The first-order valence-corrected chi connectivity index (χ1v) is 7.30. The highest BCUT2D eigenvalue weighted by atomic mass is 16.5. The van der Waals surface area contributed by atoms with Crippen LogP contribution in [0.15, 0.2) is 18.2 Å². The van der Waals surface area contributed by atoms with E-state index < -0.39 is 11.8 Å². The number of carbonyl (C=O) groups excluding carboxylic acids is 2. The van der Waals surface area contributed by atoms with Gasteiger partial charge in [0.2, 0.25) is 0 Å². The molecule has 1 aromatic carbocycles. The number of ether oxygens (including phenoxy) is 1. The first-order chi connectivity index (χ1) is 10.4. The highest BCUT2D eigenvalue weighted by molar-refractivity contribution is 6.35. The molecule has 122 valence electrons. The maximum absolute atomic E-state index is 12.0. The molecule has 2 N–H and O–H groups in total. The number of nitrogens with one attached hydrogen (secondary N) is 1. The third-order valence-electron chi connectivity index (χ3n) is 3.26. The van der Waals surface area contributed by atoms with Crippen LogP contribution in [0.5, 0.6) is 5.75 Å². The average Bonchev–Trinajstić information content (AvgIpc) is 2.48. The van der Waals surface area contributed by atoms with Crippen LogP contribution in [0.2, 0.25) is 0 Å². The van der Waals surface area contributed by atoms with E-state index in [2.05, 4.69) is 5.32 Å². The van der Waals surface area contributed by atoms with E-state index in [-0.39, 0.29) is 19.2 Å². The van der Waals surface area contributed by atoms with E-state index in [1.165, 1.54) is 11.9 Å². The van der Waals surface area contributed by atoms with Crippen LogP contribution in [0, 0.1) is 6.92 Å². The largest absolute Gasteiger partial charge is 0.494 e. The molecule has 2 amide bonds. The van der Waals surface area contributed by atoms with E-state index in [9.17, 15) is 9.59 Å². The second kappa shape index (κ2) is 8.38. The third-order valence-corrected chi connectivity index (χ3v) is 3.26. The normalized spacial score (nSPS) is 11.7. The Kier molecular flexibility index (Phi) is 6.85. The van der Waals surface area contributed by atoms with Gasteiger partial charge in [-0.3, -0.25) is 9.59 Å². The van der Waals surface area contributed by atoms with Gasteiger partial charge in [0.25, 0.3) is 0 Å². The highest BCUT2D eigenvalue weighted by Gasteiger charge is 2.22.